The number of carbonyl (C=O) groups is 2. The molecule has 0 bridgehead atoms. The molecule has 1 aromatic heterocycles. The van der Waals surface area contributed by atoms with Crippen molar-refractivity contribution in [2.45, 2.75) is 39.8 Å². The first-order chi connectivity index (χ1) is 17.7. The Morgan fingerprint density at radius 3 is 2.30 bits per heavy atom. The lowest BCUT2D eigenvalue weighted by molar-refractivity contribution is -0.132. The molecule has 3 aromatic rings. The van der Waals surface area contributed by atoms with Crippen LogP contribution in [0.1, 0.15) is 39.5 Å². The van der Waals surface area contributed by atoms with Gasteiger partial charge in [-0.05, 0) is 75.2 Å². The molecule has 0 fully saturated rings. The van der Waals surface area contributed by atoms with Gasteiger partial charge in [-0.1, -0.05) is 12.1 Å². The largest absolute Gasteiger partial charge is 0.497 e. The van der Waals surface area contributed by atoms with E-state index in [1.807, 2.05) is 36.9 Å². The van der Waals surface area contributed by atoms with Gasteiger partial charge in [0.25, 0.3) is 5.91 Å². The van der Waals surface area contributed by atoms with Crippen LogP contribution >= 0.6 is 11.3 Å². The summed E-state index contributed by atoms with van der Waals surface area (Å²) in [5, 5.41) is 0. The standard InChI is InChI=1S/C29H36N2O5S/c1-20(2)31(29(33)23-8-7-9-24(17-23)34-4)19-28(32)30(18-25-12-10-21(3)37-25)15-14-22-11-13-26(35-5)27(16-22)36-6/h7-13,16-17,20H,14-15,18-19H2,1-6H3. The molecule has 3 rings (SSSR count). The zero-order valence-electron chi connectivity index (χ0n) is 22.4. The molecule has 0 saturated carbocycles. The lowest BCUT2D eigenvalue weighted by atomic mass is 10.1. The van der Waals surface area contributed by atoms with Gasteiger partial charge in [-0.3, -0.25) is 9.59 Å². The molecule has 0 aliphatic heterocycles. The van der Waals surface area contributed by atoms with Crippen LogP contribution in [0.5, 0.6) is 17.2 Å². The van der Waals surface area contributed by atoms with E-state index in [1.54, 1.807) is 61.8 Å². The molecule has 198 valence electrons. The number of aryl methyl sites for hydroxylation is 1. The molecule has 37 heavy (non-hydrogen) atoms. The molecule has 8 heteroatoms. The van der Waals surface area contributed by atoms with Crippen LogP contribution in [0, 0.1) is 6.92 Å². The molecule has 0 unspecified atom stereocenters. The summed E-state index contributed by atoms with van der Waals surface area (Å²) in [6.45, 7) is 6.87. The summed E-state index contributed by atoms with van der Waals surface area (Å²) in [6, 6.07) is 16.8. The molecular formula is C29H36N2O5S. The molecule has 2 amide bonds. The summed E-state index contributed by atoms with van der Waals surface area (Å²) < 4.78 is 16.1. The first-order valence-corrected chi connectivity index (χ1v) is 13.1. The number of benzene rings is 2. The lowest BCUT2D eigenvalue weighted by Gasteiger charge is -2.30. The van der Waals surface area contributed by atoms with E-state index in [0.29, 0.717) is 42.3 Å². The molecule has 0 radical (unpaired) electrons. The fraction of sp³-hybridized carbons (Fsp3) is 0.379. The molecule has 2 aromatic carbocycles. The Morgan fingerprint density at radius 2 is 1.68 bits per heavy atom. The molecule has 0 aliphatic rings. The Labute approximate surface area is 223 Å². The van der Waals surface area contributed by atoms with Crippen LogP contribution in [0.2, 0.25) is 0 Å². The van der Waals surface area contributed by atoms with Gasteiger partial charge in [-0.15, -0.1) is 11.3 Å². The zero-order valence-corrected chi connectivity index (χ0v) is 23.3. The van der Waals surface area contributed by atoms with E-state index in [9.17, 15) is 9.59 Å². The van der Waals surface area contributed by atoms with Crippen molar-refractivity contribution >= 4 is 23.2 Å². The van der Waals surface area contributed by atoms with Gasteiger partial charge in [0.05, 0.1) is 27.9 Å². The van der Waals surface area contributed by atoms with E-state index in [2.05, 4.69) is 19.1 Å². The molecule has 0 N–H and O–H groups in total. The third-order valence-electron chi connectivity index (χ3n) is 6.12. The van der Waals surface area contributed by atoms with Gasteiger partial charge in [0, 0.05) is 27.9 Å². The quantitative estimate of drug-likeness (QED) is 0.326. The normalized spacial score (nSPS) is 10.8. The first-order valence-electron chi connectivity index (χ1n) is 12.2. The van der Waals surface area contributed by atoms with Gasteiger partial charge in [0.1, 0.15) is 12.3 Å². The summed E-state index contributed by atoms with van der Waals surface area (Å²) in [6.07, 6.45) is 0.641. The van der Waals surface area contributed by atoms with Crippen molar-refractivity contribution < 1.29 is 23.8 Å². The van der Waals surface area contributed by atoms with Crippen LogP contribution in [-0.4, -0.2) is 62.1 Å². The third-order valence-corrected chi connectivity index (χ3v) is 7.11. The molecule has 1 heterocycles. The average Bonchev–Trinajstić information content (AvgIpc) is 3.32. The van der Waals surface area contributed by atoms with Crippen molar-refractivity contribution in [2.24, 2.45) is 0 Å². The summed E-state index contributed by atoms with van der Waals surface area (Å²) in [7, 11) is 4.78. The zero-order chi connectivity index (χ0) is 26.9. The smallest absolute Gasteiger partial charge is 0.254 e. The first kappa shape index (κ1) is 28.1. The van der Waals surface area contributed by atoms with Crippen molar-refractivity contribution in [3.05, 3.63) is 75.5 Å². The number of nitrogens with zero attached hydrogens (tertiary/aromatic N) is 2. The Kier molecular flexibility index (Phi) is 9.97. The molecule has 0 saturated heterocycles. The highest BCUT2D eigenvalue weighted by molar-refractivity contribution is 7.11. The van der Waals surface area contributed by atoms with Crippen molar-refractivity contribution in [3.8, 4) is 17.2 Å². The fourth-order valence-corrected chi connectivity index (χ4v) is 4.91. The van der Waals surface area contributed by atoms with E-state index >= 15 is 0 Å². The van der Waals surface area contributed by atoms with Crippen molar-refractivity contribution in [1.82, 2.24) is 9.80 Å². The number of methoxy groups -OCH3 is 3. The SMILES string of the molecule is COc1cccc(C(=O)N(CC(=O)N(CCc2ccc(OC)c(OC)c2)Cc2ccc(C)s2)C(C)C)c1. The second-order valence-electron chi connectivity index (χ2n) is 9.03. The number of thiophene rings is 1. The number of amides is 2. The van der Waals surface area contributed by atoms with Gasteiger partial charge in [-0.25, -0.2) is 0 Å². The number of hydrogen-bond acceptors (Lipinski definition) is 6. The summed E-state index contributed by atoms with van der Waals surface area (Å²) in [5.41, 5.74) is 1.53. The lowest BCUT2D eigenvalue weighted by Crippen LogP contribution is -2.46. The van der Waals surface area contributed by atoms with Crippen molar-refractivity contribution in [3.63, 3.8) is 0 Å². The van der Waals surface area contributed by atoms with Crippen LogP contribution < -0.4 is 14.2 Å². The Balaban J connectivity index is 1.80. The van der Waals surface area contributed by atoms with Crippen LogP contribution in [0.15, 0.2) is 54.6 Å². The van der Waals surface area contributed by atoms with E-state index < -0.39 is 0 Å². The van der Waals surface area contributed by atoms with Gasteiger partial charge in [0.2, 0.25) is 5.91 Å². The predicted molar refractivity (Wildman–Crippen MR) is 147 cm³/mol. The summed E-state index contributed by atoms with van der Waals surface area (Å²) in [5.74, 6) is 1.62. The summed E-state index contributed by atoms with van der Waals surface area (Å²) in [4.78, 5) is 32.7. The Morgan fingerprint density at radius 1 is 0.919 bits per heavy atom. The van der Waals surface area contributed by atoms with E-state index in [-0.39, 0.29) is 24.4 Å². The van der Waals surface area contributed by atoms with Crippen LogP contribution in [0.4, 0.5) is 0 Å². The fourth-order valence-electron chi connectivity index (χ4n) is 4.01. The molecule has 0 aliphatic carbocycles. The number of hydrogen-bond donors (Lipinski definition) is 0. The average molecular weight is 525 g/mol. The maximum absolute atomic E-state index is 13.6. The topological polar surface area (TPSA) is 68.3 Å². The van der Waals surface area contributed by atoms with Gasteiger partial charge in [0.15, 0.2) is 11.5 Å². The predicted octanol–water partition coefficient (Wildman–Crippen LogP) is 5.20. The molecule has 7 nitrogen and oxygen atoms in total. The molecule has 0 atom stereocenters. The second kappa shape index (κ2) is 13.1. The van der Waals surface area contributed by atoms with Gasteiger partial charge < -0.3 is 24.0 Å². The highest BCUT2D eigenvalue weighted by Crippen LogP contribution is 2.28. The number of ether oxygens (including phenoxy) is 3. The molecular weight excluding hydrogens is 488 g/mol. The second-order valence-corrected chi connectivity index (χ2v) is 10.4. The van der Waals surface area contributed by atoms with Crippen LogP contribution in [0.3, 0.4) is 0 Å². The Bertz CT molecular complexity index is 1210. The minimum absolute atomic E-state index is 0.00992. The maximum Gasteiger partial charge on any atom is 0.254 e. The third kappa shape index (κ3) is 7.49. The van der Waals surface area contributed by atoms with Crippen LogP contribution in [-0.2, 0) is 17.8 Å². The minimum Gasteiger partial charge on any atom is -0.497 e. The van der Waals surface area contributed by atoms with E-state index in [4.69, 9.17) is 14.2 Å². The highest BCUT2D eigenvalue weighted by atomic mass is 32.1. The van der Waals surface area contributed by atoms with Gasteiger partial charge >= 0.3 is 0 Å². The number of rotatable bonds is 12. The Hall–Kier alpha value is -3.52. The van der Waals surface area contributed by atoms with Gasteiger partial charge in [-0.2, -0.15) is 0 Å². The maximum atomic E-state index is 13.6. The summed E-state index contributed by atoms with van der Waals surface area (Å²) >= 11 is 1.67. The van der Waals surface area contributed by atoms with Crippen molar-refractivity contribution in [2.75, 3.05) is 34.4 Å². The van der Waals surface area contributed by atoms with Crippen molar-refractivity contribution in [1.29, 1.82) is 0 Å². The highest BCUT2D eigenvalue weighted by Gasteiger charge is 2.25. The molecule has 0 spiro atoms. The monoisotopic (exact) mass is 524 g/mol. The van der Waals surface area contributed by atoms with E-state index in [1.165, 1.54) is 4.88 Å². The number of carbonyl (C=O) groups excluding carboxylic acids is 2. The van der Waals surface area contributed by atoms with Crippen LogP contribution in [0.25, 0.3) is 0 Å². The van der Waals surface area contributed by atoms with E-state index in [0.717, 1.165) is 10.4 Å². The minimum atomic E-state index is -0.200.